The van der Waals surface area contributed by atoms with Crippen LogP contribution in [0, 0.1) is 12.7 Å². The Labute approximate surface area is 223 Å². The smallest absolute Gasteiger partial charge is 0.419 e. The van der Waals surface area contributed by atoms with E-state index in [9.17, 15) is 26.9 Å². The number of hydrogen-bond donors (Lipinski definition) is 1. The van der Waals surface area contributed by atoms with Gasteiger partial charge in [-0.2, -0.15) is 13.2 Å². The highest BCUT2D eigenvalue weighted by Crippen LogP contribution is 2.46. The number of alkyl halides is 3. The molecule has 0 spiro atoms. The van der Waals surface area contributed by atoms with Crippen LogP contribution in [0.1, 0.15) is 50.7 Å². The van der Waals surface area contributed by atoms with Gasteiger partial charge in [-0.15, -0.1) is 0 Å². The molecule has 0 saturated carbocycles. The molecule has 8 nitrogen and oxygen atoms in total. The van der Waals surface area contributed by atoms with Crippen molar-refractivity contribution in [3.05, 3.63) is 53.2 Å². The van der Waals surface area contributed by atoms with Gasteiger partial charge in [0.15, 0.2) is 0 Å². The molecule has 3 aromatic rings. The van der Waals surface area contributed by atoms with Crippen molar-refractivity contribution < 1.29 is 31.7 Å². The zero-order valence-corrected chi connectivity index (χ0v) is 23.2. The summed E-state index contributed by atoms with van der Waals surface area (Å²) >= 11 is 0. The minimum absolute atomic E-state index is 0.175. The van der Waals surface area contributed by atoms with E-state index >= 15 is 0 Å². The number of carbonyl (C=O) groups excluding carboxylic acids is 1. The molecule has 0 radical (unpaired) electrons. The first-order chi connectivity index (χ1) is 18.1. The summed E-state index contributed by atoms with van der Waals surface area (Å²) in [6.45, 7) is 8.98. The highest BCUT2D eigenvalue weighted by Gasteiger charge is 2.37. The predicted octanol–water partition coefficient (Wildman–Crippen LogP) is 5.90. The zero-order chi connectivity index (χ0) is 28.8. The van der Waals surface area contributed by atoms with Gasteiger partial charge in [0.1, 0.15) is 35.6 Å². The Kier molecular flexibility index (Phi) is 7.64. The van der Waals surface area contributed by atoms with Crippen molar-refractivity contribution in [1.29, 1.82) is 0 Å². The SMILES string of the molecule is Cc1nc(N[C@H](C)c2cccc(C(F)(F)F)c2F)c2cc(P3(=O)CCN(C(=O)OC(C)(C)C)CC3)ncc2n1. The van der Waals surface area contributed by atoms with E-state index < -0.39 is 42.4 Å². The van der Waals surface area contributed by atoms with Gasteiger partial charge >= 0.3 is 12.3 Å². The van der Waals surface area contributed by atoms with Crippen LogP contribution in [0.3, 0.4) is 0 Å². The van der Waals surface area contributed by atoms with Crippen molar-refractivity contribution in [3.63, 3.8) is 0 Å². The fraction of sp³-hybridized carbons (Fsp3) is 0.462. The van der Waals surface area contributed by atoms with Gasteiger partial charge in [-0.05, 0) is 46.8 Å². The highest BCUT2D eigenvalue weighted by molar-refractivity contribution is 7.71. The van der Waals surface area contributed by atoms with Gasteiger partial charge in [-0.1, -0.05) is 12.1 Å². The van der Waals surface area contributed by atoms with Crippen molar-refractivity contribution in [2.45, 2.75) is 52.4 Å². The zero-order valence-electron chi connectivity index (χ0n) is 22.3. The maximum absolute atomic E-state index is 14.8. The van der Waals surface area contributed by atoms with Crippen LogP contribution >= 0.6 is 7.14 Å². The number of anilines is 1. The lowest BCUT2D eigenvalue weighted by molar-refractivity contribution is -0.140. The molecule has 4 rings (SSSR count). The minimum Gasteiger partial charge on any atom is -0.444 e. The summed E-state index contributed by atoms with van der Waals surface area (Å²) in [6.07, 6.45) is -3.39. The molecular formula is C26H30F4N5O3P. The fourth-order valence-electron chi connectivity index (χ4n) is 4.38. The Hall–Kier alpha value is -3.27. The van der Waals surface area contributed by atoms with Crippen LogP contribution in [0.2, 0.25) is 0 Å². The molecule has 0 unspecified atom stereocenters. The van der Waals surface area contributed by atoms with E-state index in [1.165, 1.54) is 24.1 Å². The minimum atomic E-state index is -4.83. The van der Waals surface area contributed by atoms with Crippen LogP contribution in [0.25, 0.3) is 10.9 Å². The van der Waals surface area contributed by atoms with Crippen molar-refractivity contribution >= 4 is 35.4 Å². The number of rotatable bonds is 4. The molecule has 1 saturated heterocycles. The van der Waals surface area contributed by atoms with Gasteiger partial charge < -0.3 is 19.5 Å². The van der Waals surface area contributed by atoms with E-state index in [2.05, 4.69) is 20.3 Å². The van der Waals surface area contributed by atoms with Crippen LogP contribution in [0.5, 0.6) is 0 Å². The third-order valence-corrected chi connectivity index (χ3v) is 9.29. The number of pyridine rings is 1. The van der Waals surface area contributed by atoms with Crippen LogP contribution in [0.4, 0.5) is 28.2 Å². The molecule has 2 aromatic heterocycles. The number of ether oxygens (including phenoxy) is 1. The topological polar surface area (TPSA) is 97.3 Å². The van der Waals surface area contributed by atoms with E-state index in [-0.39, 0.29) is 36.8 Å². The first kappa shape index (κ1) is 28.7. The molecule has 210 valence electrons. The quantitative estimate of drug-likeness (QED) is 0.310. The molecule has 3 heterocycles. The number of fused-ring (bicyclic) bond motifs is 1. The molecule has 1 aromatic carbocycles. The molecule has 1 N–H and O–H groups in total. The van der Waals surface area contributed by atoms with E-state index in [0.717, 1.165) is 6.07 Å². The summed E-state index contributed by atoms with van der Waals surface area (Å²) in [6, 6.07) is 3.85. The Morgan fingerprint density at radius 1 is 1.15 bits per heavy atom. The van der Waals surface area contributed by atoms with Gasteiger partial charge in [-0.25, -0.2) is 19.2 Å². The van der Waals surface area contributed by atoms with Gasteiger partial charge in [0.05, 0.1) is 23.3 Å². The van der Waals surface area contributed by atoms with E-state index in [4.69, 9.17) is 4.74 Å². The molecule has 39 heavy (non-hydrogen) atoms. The maximum Gasteiger partial charge on any atom is 0.419 e. The van der Waals surface area contributed by atoms with Gasteiger partial charge in [0.2, 0.25) is 0 Å². The van der Waals surface area contributed by atoms with Crippen molar-refractivity contribution in [3.8, 4) is 0 Å². The highest BCUT2D eigenvalue weighted by atomic mass is 31.2. The average molecular weight is 568 g/mol. The van der Waals surface area contributed by atoms with Crippen LogP contribution in [0.15, 0.2) is 30.5 Å². The summed E-state index contributed by atoms with van der Waals surface area (Å²) in [5, 5.41) is 3.46. The molecule has 13 heteroatoms. The van der Waals surface area contributed by atoms with Crippen LogP contribution in [-0.4, -0.2) is 57.0 Å². The van der Waals surface area contributed by atoms with Crippen molar-refractivity contribution in [2.24, 2.45) is 0 Å². The van der Waals surface area contributed by atoms with E-state index in [1.807, 2.05) is 0 Å². The lowest BCUT2D eigenvalue weighted by Gasteiger charge is -2.33. The van der Waals surface area contributed by atoms with Crippen molar-refractivity contribution in [2.75, 3.05) is 30.7 Å². The number of benzene rings is 1. The van der Waals surface area contributed by atoms with E-state index in [0.29, 0.717) is 28.2 Å². The number of aryl methyl sites for hydroxylation is 1. The third kappa shape index (κ3) is 6.32. The second-order valence-corrected chi connectivity index (χ2v) is 13.7. The first-order valence-electron chi connectivity index (χ1n) is 12.4. The molecule has 1 amide bonds. The third-order valence-electron chi connectivity index (χ3n) is 6.36. The Bertz CT molecular complexity index is 1450. The molecule has 0 aliphatic carbocycles. The lowest BCUT2D eigenvalue weighted by Crippen LogP contribution is -2.43. The first-order valence-corrected chi connectivity index (χ1v) is 14.5. The van der Waals surface area contributed by atoms with Gasteiger partial charge in [0, 0.05) is 36.4 Å². The van der Waals surface area contributed by atoms with Crippen LogP contribution in [-0.2, 0) is 15.5 Å². The number of nitrogens with zero attached hydrogens (tertiary/aromatic N) is 4. The average Bonchev–Trinajstić information content (AvgIpc) is 2.82. The molecular weight excluding hydrogens is 537 g/mol. The summed E-state index contributed by atoms with van der Waals surface area (Å²) in [5.41, 5.74) is -1.39. The predicted molar refractivity (Wildman–Crippen MR) is 140 cm³/mol. The van der Waals surface area contributed by atoms with Crippen molar-refractivity contribution in [1.82, 2.24) is 19.9 Å². The normalized spacial score (nSPS) is 16.7. The van der Waals surface area contributed by atoms with Crippen LogP contribution < -0.4 is 10.8 Å². The Morgan fingerprint density at radius 2 is 1.82 bits per heavy atom. The Morgan fingerprint density at radius 3 is 2.44 bits per heavy atom. The summed E-state index contributed by atoms with van der Waals surface area (Å²) < 4.78 is 73.8. The summed E-state index contributed by atoms with van der Waals surface area (Å²) in [5.74, 6) is -0.735. The largest absolute Gasteiger partial charge is 0.444 e. The number of aromatic nitrogens is 3. The molecule has 1 atom stereocenters. The van der Waals surface area contributed by atoms with E-state index in [1.54, 1.807) is 33.8 Å². The van der Waals surface area contributed by atoms with Gasteiger partial charge in [0.25, 0.3) is 0 Å². The molecule has 1 fully saturated rings. The number of nitrogens with one attached hydrogen (secondary N) is 1. The fourth-order valence-corrected chi connectivity index (χ4v) is 6.83. The molecule has 0 bridgehead atoms. The molecule has 1 aliphatic heterocycles. The second kappa shape index (κ2) is 10.4. The lowest BCUT2D eigenvalue weighted by atomic mass is 10.0. The summed E-state index contributed by atoms with van der Waals surface area (Å²) in [7, 11) is -2.98. The van der Waals surface area contributed by atoms with Gasteiger partial charge in [-0.3, -0.25) is 4.98 Å². The number of hydrogen-bond acceptors (Lipinski definition) is 7. The number of amides is 1. The monoisotopic (exact) mass is 567 g/mol. The number of halogens is 4. The number of carbonyl (C=O) groups is 1. The Balaban J connectivity index is 1.62. The second-order valence-electron chi connectivity index (χ2n) is 10.6. The summed E-state index contributed by atoms with van der Waals surface area (Å²) in [4.78, 5) is 27.1. The maximum atomic E-state index is 14.8. The standard InChI is InChI=1S/C26H30F4N5O3P/c1-15(17-7-6-8-19(22(17)27)26(28,29)30)32-23-18-13-21(31-14-20(18)33-16(2)34-23)39(37)11-9-35(10-12-39)24(36)38-25(3,4)5/h6-8,13-15H,9-12H2,1-5H3,(H,32,33,34)/t15-/m1/s1. The molecule has 1 aliphatic rings.